The third-order valence-corrected chi connectivity index (χ3v) is 6.71. The fraction of sp³-hybridized carbons (Fsp3) is 0.593. The fourth-order valence-corrected chi connectivity index (χ4v) is 4.79. The van der Waals surface area contributed by atoms with E-state index < -0.39 is 18.1 Å². The molecule has 2 aliphatic rings. The second-order valence-electron chi connectivity index (χ2n) is 9.31. The molecule has 0 radical (unpaired) electrons. The van der Waals surface area contributed by atoms with Gasteiger partial charge in [-0.15, -0.1) is 0 Å². The number of benzene rings is 1. The first-order valence-corrected chi connectivity index (χ1v) is 12.6. The molecule has 2 amide bonds. The van der Waals surface area contributed by atoms with Gasteiger partial charge in [-0.3, -0.25) is 14.4 Å². The summed E-state index contributed by atoms with van der Waals surface area (Å²) >= 11 is 0. The first-order valence-electron chi connectivity index (χ1n) is 12.6. The highest BCUT2D eigenvalue weighted by Gasteiger charge is 2.34. The quantitative estimate of drug-likeness (QED) is 0.473. The first-order chi connectivity index (χ1) is 17.0. The Labute approximate surface area is 207 Å². The number of allylic oxidation sites excluding steroid dienone is 2. The lowest BCUT2D eigenvalue weighted by atomic mass is 9.96. The molecule has 192 valence electrons. The van der Waals surface area contributed by atoms with Crippen LogP contribution in [0.1, 0.15) is 63.0 Å². The highest BCUT2D eigenvalue weighted by molar-refractivity contribution is 5.86. The van der Waals surface area contributed by atoms with Crippen LogP contribution in [0.15, 0.2) is 42.5 Å². The van der Waals surface area contributed by atoms with Gasteiger partial charge in [0.05, 0.1) is 31.2 Å². The molecule has 8 heteroatoms. The van der Waals surface area contributed by atoms with Crippen molar-refractivity contribution >= 4 is 17.8 Å². The summed E-state index contributed by atoms with van der Waals surface area (Å²) in [5.74, 6) is -1.29. The number of hydrogen-bond donors (Lipinski definition) is 2. The molecule has 2 heterocycles. The van der Waals surface area contributed by atoms with Crippen LogP contribution in [0.2, 0.25) is 0 Å². The van der Waals surface area contributed by atoms with E-state index in [1.165, 1.54) is 7.11 Å². The Morgan fingerprint density at radius 2 is 1.97 bits per heavy atom. The lowest BCUT2D eigenvalue weighted by Crippen LogP contribution is -2.47. The van der Waals surface area contributed by atoms with Gasteiger partial charge in [0.1, 0.15) is 6.10 Å². The van der Waals surface area contributed by atoms with Crippen LogP contribution in [-0.2, 0) is 23.9 Å². The van der Waals surface area contributed by atoms with Crippen molar-refractivity contribution in [3.8, 4) is 0 Å². The molecule has 2 aliphatic heterocycles. The SMILES string of the molecule is COC[C@@H]1NC(=O)[C@@H](CC(=O)N2CCC[C@H]2CO)CC=CCCCCC(=O)O[C@H]1c1ccccc1. The van der Waals surface area contributed by atoms with Crippen LogP contribution in [0.5, 0.6) is 0 Å². The number of carbonyl (C=O) groups is 3. The molecule has 4 atom stereocenters. The third-order valence-electron chi connectivity index (χ3n) is 6.71. The number of esters is 1. The van der Waals surface area contributed by atoms with Gasteiger partial charge in [0.2, 0.25) is 11.8 Å². The number of aliphatic hydroxyl groups excluding tert-OH is 1. The Kier molecular flexibility index (Phi) is 10.8. The number of nitrogens with zero attached hydrogens (tertiary/aromatic N) is 1. The maximum absolute atomic E-state index is 13.5. The zero-order chi connectivity index (χ0) is 25.0. The molecule has 0 unspecified atom stereocenters. The number of likely N-dealkylation sites (tertiary alicyclic amines) is 1. The minimum Gasteiger partial charge on any atom is -0.455 e. The third kappa shape index (κ3) is 7.90. The highest BCUT2D eigenvalue weighted by atomic mass is 16.5. The summed E-state index contributed by atoms with van der Waals surface area (Å²) in [7, 11) is 1.54. The molecule has 8 nitrogen and oxygen atoms in total. The molecule has 0 spiro atoms. The minimum absolute atomic E-state index is 0.0577. The normalized spacial score (nSPS) is 26.6. The standard InChI is InChI=1S/C27H38N2O6/c1-34-19-23-26(20-11-7-5-8-12-20)35-25(32)15-9-4-2-3-6-13-21(27(33)28-23)17-24(31)29-16-10-14-22(29)18-30/h3,5-8,11-12,21-23,26,30H,2,4,9-10,13-19H2,1H3,(H,28,33)/t21-,22+,23+,26+/m1/s1. The average Bonchev–Trinajstić information content (AvgIpc) is 3.35. The van der Waals surface area contributed by atoms with Crippen LogP contribution in [0.3, 0.4) is 0 Å². The predicted molar refractivity (Wildman–Crippen MR) is 131 cm³/mol. The zero-order valence-electron chi connectivity index (χ0n) is 20.6. The Morgan fingerprint density at radius 1 is 1.17 bits per heavy atom. The Morgan fingerprint density at radius 3 is 2.71 bits per heavy atom. The molecular weight excluding hydrogens is 448 g/mol. The van der Waals surface area contributed by atoms with Crippen LogP contribution in [0.4, 0.5) is 0 Å². The van der Waals surface area contributed by atoms with Crippen LogP contribution in [-0.4, -0.2) is 66.7 Å². The number of hydrogen-bond acceptors (Lipinski definition) is 6. The summed E-state index contributed by atoms with van der Waals surface area (Å²) in [6.07, 6.45) is 8.03. The largest absolute Gasteiger partial charge is 0.455 e. The van der Waals surface area contributed by atoms with Gasteiger partial charge in [0, 0.05) is 26.5 Å². The summed E-state index contributed by atoms with van der Waals surface area (Å²) in [5, 5.41) is 12.6. The van der Waals surface area contributed by atoms with Gasteiger partial charge in [-0.25, -0.2) is 0 Å². The second kappa shape index (κ2) is 14.0. The van der Waals surface area contributed by atoms with Crippen molar-refractivity contribution in [2.75, 3.05) is 26.9 Å². The van der Waals surface area contributed by atoms with E-state index in [1.807, 2.05) is 42.5 Å². The lowest BCUT2D eigenvalue weighted by molar-refractivity contribution is -0.153. The van der Waals surface area contributed by atoms with E-state index in [4.69, 9.17) is 9.47 Å². The number of cyclic esters (lactones) is 1. The van der Waals surface area contributed by atoms with E-state index in [0.29, 0.717) is 25.8 Å². The number of aliphatic hydroxyl groups is 1. The van der Waals surface area contributed by atoms with Gasteiger partial charge >= 0.3 is 5.97 Å². The number of nitrogens with one attached hydrogen (secondary N) is 1. The van der Waals surface area contributed by atoms with E-state index in [2.05, 4.69) is 5.32 Å². The van der Waals surface area contributed by atoms with E-state index in [9.17, 15) is 19.5 Å². The molecule has 0 bridgehead atoms. The van der Waals surface area contributed by atoms with Crippen molar-refractivity contribution in [3.63, 3.8) is 0 Å². The van der Waals surface area contributed by atoms with Crippen LogP contribution >= 0.6 is 0 Å². The monoisotopic (exact) mass is 486 g/mol. The Bertz CT molecular complexity index is 858. The smallest absolute Gasteiger partial charge is 0.306 e. The van der Waals surface area contributed by atoms with Crippen molar-refractivity contribution < 1.29 is 29.0 Å². The molecule has 3 rings (SSSR count). The van der Waals surface area contributed by atoms with Crippen molar-refractivity contribution in [2.45, 2.75) is 69.6 Å². The average molecular weight is 487 g/mol. The summed E-state index contributed by atoms with van der Waals surface area (Å²) in [4.78, 5) is 40.8. The lowest BCUT2D eigenvalue weighted by Gasteiger charge is -2.30. The zero-order valence-corrected chi connectivity index (χ0v) is 20.6. The van der Waals surface area contributed by atoms with E-state index >= 15 is 0 Å². The summed E-state index contributed by atoms with van der Waals surface area (Å²) in [6.45, 7) is 0.683. The second-order valence-corrected chi connectivity index (χ2v) is 9.31. The van der Waals surface area contributed by atoms with Crippen LogP contribution < -0.4 is 5.32 Å². The van der Waals surface area contributed by atoms with Crippen LogP contribution in [0, 0.1) is 5.92 Å². The van der Waals surface area contributed by atoms with Gasteiger partial charge < -0.3 is 24.8 Å². The molecule has 1 fully saturated rings. The molecule has 35 heavy (non-hydrogen) atoms. The van der Waals surface area contributed by atoms with E-state index in [0.717, 1.165) is 31.2 Å². The van der Waals surface area contributed by atoms with E-state index in [1.54, 1.807) is 4.90 Å². The van der Waals surface area contributed by atoms with Gasteiger partial charge in [0.25, 0.3) is 0 Å². The molecule has 0 aliphatic carbocycles. The Balaban J connectivity index is 1.84. The molecule has 2 N–H and O–H groups in total. The number of ether oxygens (including phenoxy) is 2. The Hall–Kier alpha value is -2.71. The molecule has 1 aromatic carbocycles. The summed E-state index contributed by atoms with van der Waals surface area (Å²) in [5.41, 5.74) is 0.769. The van der Waals surface area contributed by atoms with Crippen LogP contribution in [0.25, 0.3) is 0 Å². The number of methoxy groups -OCH3 is 1. The fourth-order valence-electron chi connectivity index (χ4n) is 4.79. The molecular formula is C27H38N2O6. The number of carbonyl (C=O) groups excluding carboxylic acids is 3. The van der Waals surface area contributed by atoms with Gasteiger partial charge in [-0.05, 0) is 44.1 Å². The van der Waals surface area contributed by atoms with Crippen molar-refractivity contribution in [3.05, 3.63) is 48.0 Å². The van der Waals surface area contributed by atoms with Crippen molar-refractivity contribution in [1.29, 1.82) is 0 Å². The van der Waals surface area contributed by atoms with Crippen molar-refractivity contribution in [1.82, 2.24) is 10.2 Å². The topological polar surface area (TPSA) is 105 Å². The van der Waals surface area contributed by atoms with Gasteiger partial charge in [-0.2, -0.15) is 0 Å². The predicted octanol–water partition coefficient (Wildman–Crippen LogP) is 2.91. The van der Waals surface area contributed by atoms with Gasteiger partial charge in [0.15, 0.2) is 0 Å². The minimum atomic E-state index is -0.709. The van der Waals surface area contributed by atoms with Gasteiger partial charge in [-0.1, -0.05) is 42.5 Å². The van der Waals surface area contributed by atoms with E-state index in [-0.39, 0.29) is 43.5 Å². The summed E-state index contributed by atoms with van der Waals surface area (Å²) in [6, 6.07) is 8.54. The maximum atomic E-state index is 13.5. The molecule has 1 aromatic rings. The molecule has 1 saturated heterocycles. The molecule has 0 saturated carbocycles. The number of rotatable bonds is 6. The summed E-state index contributed by atoms with van der Waals surface area (Å²) < 4.78 is 11.3. The number of amides is 2. The molecule has 0 aromatic heterocycles. The maximum Gasteiger partial charge on any atom is 0.306 e. The first kappa shape index (κ1) is 26.9. The highest BCUT2D eigenvalue weighted by Crippen LogP contribution is 2.25. The van der Waals surface area contributed by atoms with Crippen molar-refractivity contribution in [2.24, 2.45) is 5.92 Å².